The van der Waals surface area contributed by atoms with Gasteiger partial charge < -0.3 is 0 Å². The molecule has 3 heteroatoms. The van der Waals surface area contributed by atoms with Crippen LogP contribution < -0.4 is 4.90 Å². The molecule has 0 radical (unpaired) electrons. The normalized spacial score (nSPS) is 15.2. The van der Waals surface area contributed by atoms with E-state index >= 15 is 0 Å². The molecular formula is C15H17NO2. The Balaban J connectivity index is 2.16. The quantitative estimate of drug-likeness (QED) is 0.762. The van der Waals surface area contributed by atoms with Crippen molar-refractivity contribution in [3.8, 4) is 0 Å². The molecule has 1 aromatic rings. The van der Waals surface area contributed by atoms with Crippen LogP contribution in [0.25, 0.3) is 0 Å². The largest absolute Gasteiger partial charge is 0.269 e. The molecule has 1 aliphatic rings. The third-order valence-electron chi connectivity index (χ3n) is 3.11. The topological polar surface area (TPSA) is 37.4 Å². The molecule has 0 spiro atoms. The molecule has 0 fully saturated rings. The van der Waals surface area contributed by atoms with Gasteiger partial charge in [-0.15, -0.1) is 0 Å². The van der Waals surface area contributed by atoms with Crippen molar-refractivity contribution in [1.29, 1.82) is 0 Å². The average Bonchev–Trinajstić information content (AvgIpc) is 2.62. The van der Waals surface area contributed by atoms with E-state index in [0.717, 1.165) is 19.3 Å². The number of unbranched alkanes of at least 4 members (excludes halogenated alkanes) is 1. The van der Waals surface area contributed by atoms with E-state index < -0.39 is 0 Å². The van der Waals surface area contributed by atoms with Crippen LogP contribution in [-0.2, 0) is 16.0 Å². The third kappa shape index (κ3) is 2.35. The molecule has 3 nitrogen and oxygen atoms in total. The summed E-state index contributed by atoms with van der Waals surface area (Å²) in [6.45, 7) is 3.82. The standard InChI is InChI=1S/C15H17NO2/c1-3-4-5-12-6-8-13(9-7-12)16-14(17)10-11(2)15(16)18/h6-10H,3-5H2,1-2H3. The minimum Gasteiger partial charge on any atom is -0.269 e. The maximum absolute atomic E-state index is 11.8. The SMILES string of the molecule is CCCCc1ccc(N2C(=O)C=C(C)C2=O)cc1. The summed E-state index contributed by atoms with van der Waals surface area (Å²) in [7, 11) is 0. The number of anilines is 1. The van der Waals surface area contributed by atoms with Crippen LogP contribution in [0.1, 0.15) is 32.3 Å². The summed E-state index contributed by atoms with van der Waals surface area (Å²) in [5.41, 5.74) is 2.39. The molecule has 1 aromatic carbocycles. The van der Waals surface area contributed by atoms with Gasteiger partial charge in [0, 0.05) is 11.6 Å². The summed E-state index contributed by atoms with van der Waals surface area (Å²) in [6, 6.07) is 7.65. The molecule has 0 N–H and O–H groups in total. The molecule has 1 heterocycles. The van der Waals surface area contributed by atoms with Gasteiger partial charge in [0.1, 0.15) is 0 Å². The number of amides is 2. The van der Waals surface area contributed by atoms with E-state index in [2.05, 4.69) is 6.92 Å². The lowest BCUT2D eigenvalue weighted by molar-refractivity contribution is -0.120. The number of carbonyl (C=O) groups excluding carboxylic acids is 2. The molecule has 0 saturated heterocycles. The Morgan fingerprint density at radius 1 is 1.11 bits per heavy atom. The van der Waals surface area contributed by atoms with Gasteiger partial charge in [-0.2, -0.15) is 0 Å². The lowest BCUT2D eigenvalue weighted by Crippen LogP contribution is -2.30. The highest BCUT2D eigenvalue weighted by atomic mass is 16.2. The first-order valence-electron chi connectivity index (χ1n) is 6.29. The predicted molar refractivity (Wildman–Crippen MR) is 71.3 cm³/mol. The minimum atomic E-state index is -0.251. The van der Waals surface area contributed by atoms with Crippen LogP contribution >= 0.6 is 0 Å². The summed E-state index contributed by atoms with van der Waals surface area (Å²) in [4.78, 5) is 24.7. The van der Waals surface area contributed by atoms with Crippen LogP contribution in [0.3, 0.4) is 0 Å². The van der Waals surface area contributed by atoms with Crippen molar-refractivity contribution in [2.45, 2.75) is 33.1 Å². The molecule has 0 aromatic heterocycles. The lowest BCUT2D eigenvalue weighted by atomic mass is 10.1. The van der Waals surface area contributed by atoms with Crippen molar-refractivity contribution in [1.82, 2.24) is 0 Å². The number of rotatable bonds is 4. The maximum atomic E-state index is 11.8. The zero-order valence-corrected chi connectivity index (χ0v) is 10.8. The van der Waals surface area contributed by atoms with Crippen molar-refractivity contribution in [2.24, 2.45) is 0 Å². The van der Waals surface area contributed by atoms with Crippen LogP contribution in [0.4, 0.5) is 5.69 Å². The number of hydrogen-bond donors (Lipinski definition) is 0. The Bertz CT molecular complexity index is 500. The van der Waals surface area contributed by atoms with Crippen molar-refractivity contribution in [2.75, 3.05) is 4.90 Å². The second-order valence-electron chi connectivity index (χ2n) is 4.58. The minimum absolute atomic E-state index is 0.221. The Hall–Kier alpha value is -1.90. The van der Waals surface area contributed by atoms with Crippen LogP contribution in [0.2, 0.25) is 0 Å². The van der Waals surface area contributed by atoms with Crippen molar-refractivity contribution < 1.29 is 9.59 Å². The van der Waals surface area contributed by atoms with Gasteiger partial charge in [0.15, 0.2) is 0 Å². The van der Waals surface area contributed by atoms with Gasteiger partial charge in [0.25, 0.3) is 11.8 Å². The van der Waals surface area contributed by atoms with E-state index in [1.807, 2.05) is 24.3 Å². The second-order valence-corrected chi connectivity index (χ2v) is 4.58. The molecule has 0 saturated carbocycles. The Morgan fingerprint density at radius 3 is 2.28 bits per heavy atom. The van der Waals surface area contributed by atoms with Crippen LogP contribution in [0.15, 0.2) is 35.9 Å². The first-order valence-corrected chi connectivity index (χ1v) is 6.29. The second kappa shape index (κ2) is 5.17. The zero-order valence-electron chi connectivity index (χ0n) is 10.8. The number of aryl methyl sites for hydroxylation is 1. The van der Waals surface area contributed by atoms with E-state index in [0.29, 0.717) is 11.3 Å². The molecule has 0 unspecified atom stereocenters. The van der Waals surface area contributed by atoms with Crippen molar-refractivity contribution >= 4 is 17.5 Å². The van der Waals surface area contributed by atoms with Crippen molar-refractivity contribution in [3.63, 3.8) is 0 Å². The zero-order chi connectivity index (χ0) is 13.1. The summed E-state index contributed by atoms with van der Waals surface area (Å²) in [5, 5.41) is 0. The third-order valence-corrected chi connectivity index (χ3v) is 3.11. The fourth-order valence-electron chi connectivity index (χ4n) is 2.03. The number of nitrogens with zero attached hydrogens (tertiary/aromatic N) is 1. The summed E-state index contributed by atoms with van der Waals surface area (Å²) < 4.78 is 0. The molecule has 2 amide bonds. The molecule has 2 rings (SSSR count). The van der Waals surface area contributed by atoms with Crippen LogP contribution in [0, 0.1) is 0 Å². The lowest BCUT2D eigenvalue weighted by Gasteiger charge is -2.14. The van der Waals surface area contributed by atoms with Gasteiger partial charge in [0.05, 0.1) is 5.69 Å². The number of imide groups is 1. The van der Waals surface area contributed by atoms with E-state index in [1.54, 1.807) is 6.92 Å². The van der Waals surface area contributed by atoms with Crippen LogP contribution in [0.5, 0.6) is 0 Å². The molecule has 0 atom stereocenters. The molecular weight excluding hydrogens is 226 g/mol. The Morgan fingerprint density at radius 2 is 1.78 bits per heavy atom. The first-order chi connectivity index (χ1) is 8.63. The Kier molecular flexibility index (Phi) is 3.60. The highest BCUT2D eigenvalue weighted by molar-refractivity contribution is 6.30. The molecule has 94 valence electrons. The average molecular weight is 243 g/mol. The van der Waals surface area contributed by atoms with E-state index in [-0.39, 0.29) is 11.8 Å². The van der Waals surface area contributed by atoms with E-state index in [4.69, 9.17) is 0 Å². The van der Waals surface area contributed by atoms with E-state index in [9.17, 15) is 9.59 Å². The summed E-state index contributed by atoms with van der Waals surface area (Å²) >= 11 is 0. The molecule has 1 aliphatic heterocycles. The van der Waals surface area contributed by atoms with Gasteiger partial charge in [-0.3, -0.25) is 9.59 Å². The number of hydrogen-bond acceptors (Lipinski definition) is 2. The highest BCUT2D eigenvalue weighted by Crippen LogP contribution is 2.22. The fraction of sp³-hybridized carbons (Fsp3) is 0.333. The van der Waals surface area contributed by atoms with Crippen LogP contribution in [-0.4, -0.2) is 11.8 Å². The highest BCUT2D eigenvalue weighted by Gasteiger charge is 2.29. The molecule has 0 bridgehead atoms. The van der Waals surface area contributed by atoms with Gasteiger partial charge in [-0.1, -0.05) is 25.5 Å². The van der Waals surface area contributed by atoms with E-state index in [1.165, 1.54) is 16.5 Å². The number of benzene rings is 1. The monoisotopic (exact) mass is 243 g/mol. The van der Waals surface area contributed by atoms with Gasteiger partial charge in [-0.05, 0) is 37.5 Å². The molecule has 18 heavy (non-hydrogen) atoms. The first kappa shape index (κ1) is 12.6. The maximum Gasteiger partial charge on any atom is 0.261 e. The number of carbonyl (C=O) groups is 2. The molecule has 0 aliphatic carbocycles. The predicted octanol–water partition coefficient (Wildman–Crippen LogP) is 2.85. The van der Waals surface area contributed by atoms with Crippen molar-refractivity contribution in [3.05, 3.63) is 41.5 Å². The fourth-order valence-corrected chi connectivity index (χ4v) is 2.03. The Labute approximate surface area is 107 Å². The smallest absolute Gasteiger partial charge is 0.261 e. The van der Waals surface area contributed by atoms with Gasteiger partial charge in [-0.25, -0.2) is 4.90 Å². The summed E-state index contributed by atoms with van der Waals surface area (Å²) in [5.74, 6) is -0.472. The van der Waals surface area contributed by atoms with Gasteiger partial charge in [0.2, 0.25) is 0 Å². The van der Waals surface area contributed by atoms with Gasteiger partial charge >= 0.3 is 0 Å². The summed E-state index contributed by atoms with van der Waals surface area (Å²) in [6.07, 6.45) is 4.73.